The zero-order valence-electron chi connectivity index (χ0n) is 13.5. The molecule has 1 aromatic heterocycles. The van der Waals surface area contributed by atoms with Crippen molar-refractivity contribution in [3.05, 3.63) is 65.1 Å². The van der Waals surface area contributed by atoms with Gasteiger partial charge >= 0.3 is 5.97 Å². The number of carboxylic acids is 1. The van der Waals surface area contributed by atoms with Gasteiger partial charge in [-0.05, 0) is 35.7 Å². The van der Waals surface area contributed by atoms with E-state index in [4.69, 9.17) is 5.73 Å². The molecule has 0 bridgehead atoms. The fourth-order valence-corrected chi connectivity index (χ4v) is 4.68. The number of nitrogens with one attached hydrogen (secondary N) is 1. The van der Waals surface area contributed by atoms with Crippen molar-refractivity contribution in [2.45, 2.75) is 4.90 Å². The number of carboxylic acid groups (broad SMARTS) is 1. The molecule has 1 amide bonds. The summed E-state index contributed by atoms with van der Waals surface area (Å²) >= 11 is 0. The lowest BCUT2D eigenvalue weighted by atomic mass is 10.1. The van der Waals surface area contributed by atoms with Gasteiger partial charge in [-0.3, -0.25) is 4.79 Å². The Labute approximate surface area is 151 Å². The Hall–Kier alpha value is -3.32. The zero-order chi connectivity index (χ0) is 18.3. The Morgan fingerprint density at radius 1 is 1.12 bits per heavy atom. The molecule has 1 unspecified atom stereocenters. The number of fused-ring (bicyclic) bond motifs is 3. The number of aromatic nitrogens is 1. The number of hydrogen-bond donors (Lipinski definition) is 4. The molecule has 0 radical (unpaired) electrons. The van der Waals surface area contributed by atoms with Crippen molar-refractivity contribution in [1.82, 2.24) is 4.98 Å². The monoisotopic (exact) mass is 365 g/mol. The van der Waals surface area contributed by atoms with Crippen LogP contribution in [-0.2, 0) is 0 Å². The van der Waals surface area contributed by atoms with Gasteiger partial charge in [0.2, 0.25) is 0 Å². The average Bonchev–Trinajstić information content (AvgIpc) is 3.08. The molecule has 0 saturated heterocycles. The van der Waals surface area contributed by atoms with Gasteiger partial charge in [-0.2, -0.15) is 0 Å². The fourth-order valence-electron chi connectivity index (χ4n) is 2.97. The van der Waals surface area contributed by atoms with Gasteiger partial charge in [-0.1, -0.05) is 24.3 Å². The van der Waals surface area contributed by atoms with Crippen LogP contribution in [0.2, 0.25) is 0 Å². The average molecular weight is 365 g/mol. The van der Waals surface area contributed by atoms with Crippen LogP contribution < -0.4 is 11.1 Å². The number of nitrogens with zero attached hydrogens (tertiary/aromatic N) is 1. The van der Waals surface area contributed by atoms with Crippen molar-refractivity contribution in [2.24, 2.45) is 5.73 Å². The van der Waals surface area contributed by atoms with Crippen molar-refractivity contribution in [2.75, 3.05) is 5.32 Å². The number of thiol groups is 1. The van der Waals surface area contributed by atoms with Crippen LogP contribution in [0.25, 0.3) is 17.0 Å². The second-order valence-corrected chi connectivity index (χ2v) is 7.70. The third kappa shape index (κ3) is 2.68. The number of hydrogen-bond acceptors (Lipinski definition) is 4. The predicted molar refractivity (Wildman–Crippen MR) is 104 cm³/mol. The molecule has 1 aliphatic rings. The predicted octanol–water partition coefficient (Wildman–Crippen LogP) is 4.10. The summed E-state index contributed by atoms with van der Waals surface area (Å²) in [4.78, 5) is 28.6. The maximum absolute atomic E-state index is 11.9. The van der Waals surface area contributed by atoms with Crippen LogP contribution in [0.3, 0.4) is 0 Å². The lowest BCUT2D eigenvalue weighted by Gasteiger charge is -2.17. The number of amides is 1. The normalized spacial score (nSPS) is 16.4. The molecule has 0 aliphatic carbocycles. The van der Waals surface area contributed by atoms with E-state index in [2.05, 4.69) is 10.3 Å². The second kappa shape index (κ2) is 6.20. The van der Waals surface area contributed by atoms with Crippen LogP contribution in [-0.4, -0.2) is 21.3 Å². The molecular weight excluding hydrogens is 350 g/mol. The minimum atomic E-state index is -1.30. The summed E-state index contributed by atoms with van der Waals surface area (Å²) in [6.45, 7) is 0. The van der Waals surface area contributed by atoms with Gasteiger partial charge < -0.3 is 16.2 Å². The molecule has 0 saturated carbocycles. The number of carbonyl (C=O) groups excluding carboxylic acids is 1. The van der Waals surface area contributed by atoms with E-state index in [0.29, 0.717) is 11.3 Å². The quantitative estimate of drug-likeness (QED) is 0.523. The number of benzene rings is 2. The van der Waals surface area contributed by atoms with E-state index in [1.807, 2.05) is 41.8 Å². The summed E-state index contributed by atoms with van der Waals surface area (Å²) in [5, 5.41) is 14.7. The summed E-state index contributed by atoms with van der Waals surface area (Å²) in [6.07, 6.45) is 1.86. The van der Waals surface area contributed by atoms with Gasteiger partial charge in [0.15, 0.2) is 0 Å². The summed E-state index contributed by atoms with van der Waals surface area (Å²) in [6, 6.07) is 14.3. The summed E-state index contributed by atoms with van der Waals surface area (Å²) in [5.74, 6) is -0.453. The number of carbonyl (C=O) groups is 2. The maximum Gasteiger partial charge on any atom is 0.335 e. The second-order valence-electron chi connectivity index (χ2n) is 5.77. The molecule has 1 atom stereocenters. The Kier molecular flexibility index (Phi) is 3.85. The van der Waals surface area contributed by atoms with E-state index in [1.165, 1.54) is 12.1 Å². The smallest absolute Gasteiger partial charge is 0.335 e. The van der Waals surface area contributed by atoms with Gasteiger partial charge in [-0.15, -0.1) is 10.9 Å². The Bertz CT molecular complexity index is 1080. The van der Waals surface area contributed by atoms with Gasteiger partial charge in [0.05, 0.1) is 11.1 Å². The summed E-state index contributed by atoms with van der Waals surface area (Å²) < 4.78 is 0. The topological polar surface area (TPSA) is 105 Å². The van der Waals surface area contributed by atoms with E-state index in [-0.39, 0.29) is 5.56 Å². The Balaban J connectivity index is 1.95. The molecule has 7 heteroatoms. The number of rotatable bonds is 3. The first kappa shape index (κ1) is 16.2. The molecule has 4 N–H and O–H groups in total. The number of anilines is 2. The highest BCUT2D eigenvalue weighted by Gasteiger charge is 2.25. The van der Waals surface area contributed by atoms with E-state index in [9.17, 15) is 14.7 Å². The SMILES string of the molecule is NC(=O)[SH]1C=Cc2c(Nc3ccccc3)nc3cc(C(=O)O)ccc3c21. The van der Waals surface area contributed by atoms with Gasteiger partial charge in [0.25, 0.3) is 5.24 Å². The van der Waals surface area contributed by atoms with Crippen LogP contribution in [0.15, 0.2) is 58.8 Å². The number of aromatic carboxylic acids is 1. The van der Waals surface area contributed by atoms with Crippen LogP contribution in [0.1, 0.15) is 15.9 Å². The summed E-state index contributed by atoms with van der Waals surface area (Å²) in [5.41, 5.74) is 7.91. The summed E-state index contributed by atoms with van der Waals surface area (Å²) in [7, 11) is -1.30. The maximum atomic E-state index is 11.9. The van der Waals surface area contributed by atoms with E-state index < -0.39 is 22.1 Å². The molecule has 2 heterocycles. The number of para-hydroxylation sites is 1. The number of primary amides is 1. The lowest BCUT2D eigenvalue weighted by molar-refractivity contribution is 0.0697. The molecule has 26 heavy (non-hydrogen) atoms. The van der Waals surface area contributed by atoms with E-state index in [1.54, 1.807) is 6.07 Å². The third-order valence-corrected chi connectivity index (χ3v) is 6.03. The first-order valence-corrected chi connectivity index (χ1v) is 9.25. The van der Waals surface area contributed by atoms with Crippen LogP contribution in [0.5, 0.6) is 0 Å². The molecule has 3 aromatic rings. The van der Waals surface area contributed by atoms with Crippen molar-refractivity contribution in [3.8, 4) is 0 Å². The molecule has 130 valence electrons. The van der Waals surface area contributed by atoms with Crippen LogP contribution in [0.4, 0.5) is 16.3 Å². The van der Waals surface area contributed by atoms with E-state index >= 15 is 0 Å². The molecule has 0 spiro atoms. The molecule has 1 aliphatic heterocycles. The molecular formula is C19H15N3O3S. The highest BCUT2D eigenvalue weighted by atomic mass is 32.2. The van der Waals surface area contributed by atoms with Gasteiger partial charge in [-0.25, -0.2) is 9.78 Å². The third-order valence-electron chi connectivity index (χ3n) is 4.15. The molecule has 4 rings (SSSR count). The lowest BCUT2D eigenvalue weighted by Crippen LogP contribution is -2.08. The zero-order valence-corrected chi connectivity index (χ0v) is 14.4. The Morgan fingerprint density at radius 3 is 2.58 bits per heavy atom. The van der Waals surface area contributed by atoms with Crippen LogP contribution in [0, 0.1) is 0 Å². The largest absolute Gasteiger partial charge is 0.478 e. The van der Waals surface area contributed by atoms with Crippen molar-refractivity contribution in [3.63, 3.8) is 0 Å². The van der Waals surface area contributed by atoms with Crippen molar-refractivity contribution in [1.29, 1.82) is 0 Å². The molecule has 0 fully saturated rings. The van der Waals surface area contributed by atoms with Crippen molar-refractivity contribution >= 4 is 50.6 Å². The van der Waals surface area contributed by atoms with Gasteiger partial charge in [0.1, 0.15) is 5.82 Å². The van der Waals surface area contributed by atoms with Crippen LogP contribution >= 0.6 is 10.9 Å². The standard InChI is InChI=1S/C19H15N3O3S/c20-19(25)26-9-8-14-16(26)13-7-6-11(18(23)24)10-15(13)22-17(14)21-12-4-2-1-3-5-12/h1-10,26H,(H2,20,25)(H,21,22)(H,23,24). The highest BCUT2D eigenvalue weighted by molar-refractivity contribution is 8.32. The minimum Gasteiger partial charge on any atom is -0.478 e. The minimum absolute atomic E-state index is 0.143. The Morgan fingerprint density at radius 2 is 1.88 bits per heavy atom. The molecule has 2 aromatic carbocycles. The highest BCUT2D eigenvalue weighted by Crippen LogP contribution is 2.51. The molecule has 6 nitrogen and oxygen atoms in total. The van der Waals surface area contributed by atoms with Crippen molar-refractivity contribution < 1.29 is 14.7 Å². The van der Waals surface area contributed by atoms with Gasteiger partial charge in [0, 0.05) is 21.5 Å². The van der Waals surface area contributed by atoms with E-state index in [0.717, 1.165) is 21.5 Å². The number of pyridine rings is 1. The number of nitrogens with two attached hydrogens (primary N) is 1. The fraction of sp³-hybridized carbons (Fsp3) is 0. The first-order chi connectivity index (χ1) is 12.5. The first-order valence-electron chi connectivity index (χ1n) is 7.84.